The molecule has 0 aliphatic carbocycles. The average Bonchev–Trinajstić information content (AvgIpc) is 2.97. The number of aromatic hydroxyl groups is 1. The van der Waals surface area contributed by atoms with Crippen LogP contribution in [0.3, 0.4) is 0 Å². The van der Waals surface area contributed by atoms with Gasteiger partial charge in [-0.25, -0.2) is 4.98 Å². The molecule has 4 rings (SSSR count). The number of benzene rings is 2. The topological polar surface area (TPSA) is 89.0 Å². The van der Waals surface area contributed by atoms with Gasteiger partial charge in [-0.15, -0.1) is 0 Å². The van der Waals surface area contributed by atoms with Crippen molar-refractivity contribution in [3.8, 4) is 5.75 Å². The Balaban J connectivity index is 1.85. The van der Waals surface area contributed by atoms with E-state index < -0.39 is 0 Å². The van der Waals surface area contributed by atoms with Crippen LogP contribution in [0.25, 0.3) is 11.0 Å². The Morgan fingerprint density at radius 3 is 2.50 bits per heavy atom. The van der Waals surface area contributed by atoms with Crippen LogP contribution in [-0.4, -0.2) is 19.6 Å². The quantitative estimate of drug-likeness (QED) is 0.460. The van der Waals surface area contributed by atoms with Crippen molar-refractivity contribution in [1.82, 2.24) is 14.5 Å². The molecule has 6 nitrogen and oxygen atoms in total. The number of aromatic nitrogens is 3. The van der Waals surface area contributed by atoms with Crippen LogP contribution in [-0.2, 0) is 6.54 Å². The molecule has 0 spiro atoms. The number of nitrogens with two attached hydrogens (primary N) is 1. The SMILES string of the molecule is Cc1cc(C)c2c(c1)nc(Nc1ccc(N)cc1)n2Cc1nc(C)ccc1O. The van der Waals surface area contributed by atoms with Crippen molar-refractivity contribution in [3.05, 3.63) is 71.0 Å². The second-order valence-corrected chi connectivity index (χ2v) is 7.14. The largest absolute Gasteiger partial charge is 0.506 e. The highest BCUT2D eigenvalue weighted by molar-refractivity contribution is 5.83. The van der Waals surface area contributed by atoms with E-state index in [9.17, 15) is 5.11 Å². The van der Waals surface area contributed by atoms with E-state index in [2.05, 4.69) is 40.8 Å². The number of nitrogen functional groups attached to an aromatic ring is 1. The maximum atomic E-state index is 10.3. The zero-order valence-corrected chi connectivity index (χ0v) is 16.2. The van der Waals surface area contributed by atoms with Gasteiger partial charge in [-0.3, -0.25) is 4.98 Å². The Morgan fingerprint density at radius 1 is 1.00 bits per heavy atom. The molecule has 2 heterocycles. The van der Waals surface area contributed by atoms with E-state index in [4.69, 9.17) is 10.7 Å². The minimum Gasteiger partial charge on any atom is -0.506 e. The molecule has 0 atom stereocenters. The molecule has 2 aromatic carbocycles. The number of fused-ring (bicyclic) bond motifs is 1. The Hall–Kier alpha value is -3.54. The van der Waals surface area contributed by atoms with Gasteiger partial charge < -0.3 is 20.7 Å². The summed E-state index contributed by atoms with van der Waals surface area (Å²) in [7, 11) is 0. The second kappa shape index (κ2) is 6.88. The molecule has 6 heteroatoms. The number of rotatable bonds is 4. The molecule has 0 radical (unpaired) electrons. The van der Waals surface area contributed by atoms with Crippen molar-refractivity contribution in [1.29, 1.82) is 0 Å². The lowest BCUT2D eigenvalue weighted by molar-refractivity contribution is 0.461. The molecule has 4 N–H and O–H groups in total. The van der Waals surface area contributed by atoms with Crippen LogP contribution in [0.2, 0.25) is 0 Å². The molecule has 0 bridgehead atoms. The molecule has 0 saturated carbocycles. The number of anilines is 3. The summed E-state index contributed by atoms with van der Waals surface area (Å²) < 4.78 is 2.06. The van der Waals surface area contributed by atoms with Gasteiger partial charge in [-0.2, -0.15) is 0 Å². The normalized spacial score (nSPS) is 11.1. The first-order chi connectivity index (χ1) is 13.4. The first-order valence-electron chi connectivity index (χ1n) is 9.16. The molecule has 28 heavy (non-hydrogen) atoms. The predicted molar refractivity (Wildman–Crippen MR) is 113 cm³/mol. The lowest BCUT2D eigenvalue weighted by Gasteiger charge is -2.13. The number of imidazole rings is 1. The molecule has 0 fully saturated rings. The third kappa shape index (κ3) is 3.36. The third-order valence-electron chi connectivity index (χ3n) is 4.74. The maximum Gasteiger partial charge on any atom is 0.208 e. The van der Waals surface area contributed by atoms with E-state index in [-0.39, 0.29) is 5.75 Å². The van der Waals surface area contributed by atoms with Crippen molar-refractivity contribution in [2.75, 3.05) is 11.1 Å². The van der Waals surface area contributed by atoms with Crippen LogP contribution < -0.4 is 11.1 Å². The number of hydrogen-bond acceptors (Lipinski definition) is 5. The predicted octanol–water partition coefficient (Wildman–Crippen LogP) is 4.44. The highest BCUT2D eigenvalue weighted by Gasteiger charge is 2.16. The Morgan fingerprint density at radius 2 is 1.75 bits per heavy atom. The minimum absolute atomic E-state index is 0.177. The Labute approximate surface area is 163 Å². The fourth-order valence-electron chi connectivity index (χ4n) is 3.47. The summed E-state index contributed by atoms with van der Waals surface area (Å²) in [6.45, 7) is 6.46. The van der Waals surface area contributed by atoms with Crippen LogP contribution in [0, 0.1) is 20.8 Å². The van der Waals surface area contributed by atoms with Crippen molar-refractivity contribution in [2.24, 2.45) is 0 Å². The van der Waals surface area contributed by atoms with E-state index in [1.807, 2.05) is 31.2 Å². The van der Waals surface area contributed by atoms with E-state index in [1.54, 1.807) is 12.1 Å². The number of nitrogens with zero attached hydrogens (tertiary/aromatic N) is 3. The van der Waals surface area contributed by atoms with Crippen molar-refractivity contribution >= 4 is 28.4 Å². The Kier molecular flexibility index (Phi) is 4.39. The lowest BCUT2D eigenvalue weighted by atomic mass is 10.1. The summed E-state index contributed by atoms with van der Waals surface area (Å²) in [4.78, 5) is 9.33. The zero-order valence-electron chi connectivity index (χ0n) is 16.2. The molecule has 0 saturated heterocycles. The van der Waals surface area contributed by atoms with Gasteiger partial charge in [0.2, 0.25) is 5.95 Å². The monoisotopic (exact) mass is 373 g/mol. The molecule has 4 aromatic rings. The molecule has 0 unspecified atom stereocenters. The smallest absolute Gasteiger partial charge is 0.208 e. The van der Waals surface area contributed by atoms with Gasteiger partial charge in [0, 0.05) is 17.1 Å². The summed E-state index contributed by atoms with van der Waals surface area (Å²) in [5.74, 6) is 0.867. The summed E-state index contributed by atoms with van der Waals surface area (Å²) in [5.41, 5.74) is 13.1. The second-order valence-electron chi connectivity index (χ2n) is 7.14. The highest BCUT2D eigenvalue weighted by Crippen LogP contribution is 2.29. The maximum absolute atomic E-state index is 10.3. The molecule has 0 aliphatic rings. The molecule has 2 aromatic heterocycles. The van der Waals surface area contributed by atoms with Gasteiger partial charge in [0.1, 0.15) is 11.4 Å². The zero-order chi connectivity index (χ0) is 19.8. The van der Waals surface area contributed by atoms with Crippen LogP contribution in [0.1, 0.15) is 22.5 Å². The van der Waals surface area contributed by atoms with Crippen LogP contribution in [0.15, 0.2) is 48.5 Å². The van der Waals surface area contributed by atoms with E-state index in [0.29, 0.717) is 23.9 Å². The van der Waals surface area contributed by atoms with Gasteiger partial charge in [0.15, 0.2) is 0 Å². The molecule has 0 aliphatic heterocycles. The average molecular weight is 373 g/mol. The standard InChI is InChI=1S/C22H23N5O/c1-13-10-14(2)21-18(11-13)26-22(25-17-7-5-16(23)6-8-17)27(21)12-19-20(28)9-4-15(3)24-19/h4-11,28H,12,23H2,1-3H3,(H,25,26). The van der Waals surface area contributed by atoms with Crippen molar-refractivity contribution in [3.63, 3.8) is 0 Å². The number of nitrogens with one attached hydrogen (secondary N) is 1. The summed E-state index contributed by atoms with van der Waals surface area (Å²) >= 11 is 0. The van der Waals surface area contributed by atoms with E-state index in [1.165, 1.54) is 0 Å². The first kappa shape index (κ1) is 17.9. The highest BCUT2D eigenvalue weighted by atomic mass is 16.3. The molecular formula is C22H23N5O. The van der Waals surface area contributed by atoms with E-state index in [0.717, 1.165) is 33.5 Å². The van der Waals surface area contributed by atoms with E-state index >= 15 is 0 Å². The van der Waals surface area contributed by atoms with Gasteiger partial charge in [-0.1, -0.05) is 6.07 Å². The van der Waals surface area contributed by atoms with Gasteiger partial charge in [-0.05, 0) is 74.4 Å². The summed E-state index contributed by atoms with van der Waals surface area (Å²) in [6.07, 6.45) is 0. The number of hydrogen-bond donors (Lipinski definition) is 3. The third-order valence-corrected chi connectivity index (χ3v) is 4.74. The van der Waals surface area contributed by atoms with Crippen LogP contribution in [0.5, 0.6) is 5.75 Å². The minimum atomic E-state index is 0.177. The fraction of sp³-hybridized carbons (Fsp3) is 0.182. The van der Waals surface area contributed by atoms with Gasteiger partial charge in [0.25, 0.3) is 0 Å². The van der Waals surface area contributed by atoms with Crippen LogP contribution in [0.4, 0.5) is 17.3 Å². The van der Waals surface area contributed by atoms with Crippen LogP contribution >= 0.6 is 0 Å². The molecular weight excluding hydrogens is 350 g/mol. The van der Waals surface area contributed by atoms with Crippen molar-refractivity contribution in [2.45, 2.75) is 27.3 Å². The van der Waals surface area contributed by atoms with Crippen molar-refractivity contribution < 1.29 is 5.11 Å². The van der Waals surface area contributed by atoms with Gasteiger partial charge in [0.05, 0.1) is 17.6 Å². The molecule has 0 amide bonds. The number of pyridine rings is 1. The molecule has 142 valence electrons. The summed E-state index contributed by atoms with van der Waals surface area (Å²) in [6, 6.07) is 15.2. The Bertz CT molecular complexity index is 1160. The van der Waals surface area contributed by atoms with Gasteiger partial charge >= 0.3 is 0 Å². The lowest BCUT2D eigenvalue weighted by Crippen LogP contribution is -2.08. The summed E-state index contributed by atoms with van der Waals surface area (Å²) in [5, 5.41) is 13.7. The number of aryl methyl sites for hydroxylation is 3. The first-order valence-corrected chi connectivity index (χ1v) is 9.16. The fourth-order valence-corrected chi connectivity index (χ4v) is 3.47.